The molecule has 3 rings (SSSR count). The highest BCUT2D eigenvalue weighted by molar-refractivity contribution is 6.31. The Morgan fingerprint density at radius 1 is 0.955 bits per heavy atom. The highest BCUT2D eigenvalue weighted by Gasteiger charge is 2.11. The minimum atomic E-state index is 0.543. The molecule has 0 aliphatic rings. The Labute approximate surface area is 134 Å². The van der Waals surface area contributed by atoms with Gasteiger partial charge in [0.25, 0.3) is 0 Å². The lowest BCUT2D eigenvalue weighted by molar-refractivity contribution is 0.283. The van der Waals surface area contributed by atoms with Crippen LogP contribution < -0.4 is 0 Å². The van der Waals surface area contributed by atoms with Crippen molar-refractivity contribution >= 4 is 11.6 Å². The molecule has 1 aromatic heterocycles. The van der Waals surface area contributed by atoms with Gasteiger partial charge in [0.2, 0.25) is 11.8 Å². The molecule has 2 aromatic carbocycles. The van der Waals surface area contributed by atoms with E-state index in [9.17, 15) is 0 Å². The van der Waals surface area contributed by atoms with Crippen LogP contribution >= 0.6 is 11.6 Å². The average molecular weight is 314 g/mol. The molecule has 0 saturated carbocycles. The Hall–Kier alpha value is -2.17. The molecule has 0 unspecified atom stereocenters. The molecule has 112 valence electrons. The largest absolute Gasteiger partial charge is 0.419 e. The van der Waals surface area contributed by atoms with Crippen molar-refractivity contribution in [2.75, 3.05) is 7.05 Å². The molecule has 0 aliphatic carbocycles. The van der Waals surface area contributed by atoms with E-state index in [1.54, 1.807) is 0 Å². The highest BCUT2D eigenvalue weighted by Crippen LogP contribution is 2.19. The first-order valence-corrected chi connectivity index (χ1v) is 7.40. The fourth-order valence-electron chi connectivity index (χ4n) is 2.22. The van der Waals surface area contributed by atoms with E-state index in [0.29, 0.717) is 18.3 Å². The molecule has 5 heteroatoms. The zero-order valence-corrected chi connectivity index (χ0v) is 13.0. The van der Waals surface area contributed by atoms with Crippen molar-refractivity contribution in [1.82, 2.24) is 15.1 Å². The third kappa shape index (κ3) is 3.53. The van der Waals surface area contributed by atoms with Crippen LogP contribution in [-0.4, -0.2) is 22.1 Å². The molecule has 0 radical (unpaired) electrons. The van der Waals surface area contributed by atoms with Gasteiger partial charge in [0.15, 0.2) is 0 Å². The van der Waals surface area contributed by atoms with Gasteiger partial charge in [0.05, 0.1) is 6.54 Å². The molecule has 22 heavy (non-hydrogen) atoms. The molecule has 0 saturated heterocycles. The zero-order valence-electron chi connectivity index (χ0n) is 12.2. The summed E-state index contributed by atoms with van der Waals surface area (Å²) < 4.78 is 5.71. The van der Waals surface area contributed by atoms with Crippen LogP contribution in [0.1, 0.15) is 11.5 Å². The number of benzene rings is 2. The van der Waals surface area contributed by atoms with Gasteiger partial charge in [0.1, 0.15) is 0 Å². The third-order valence-electron chi connectivity index (χ3n) is 3.29. The fourth-order valence-corrected chi connectivity index (χ4v) is 2.41. The van der Waals surface area contributed by atoms with Crippen molar-refractivity contribution in [1.29, 1.82) is 0 Å². The number of nitrogens with zero attached hydrogens (tertiary/aromatic N) is 3. The lowest BCUT2D eigenvalue weighted by Gasteiger charge is -2.15. The van der Waals surface area contributed by atoms with E-state index in [2.05, 4.69) is 15.1 Å². The Bertz CT molecular complexity index is 742. The second kappa shape index (κ2) is 6.73. The van der Waals surface area contributed by atoms with E-state index in [0.717, 1.165) is 22.7 Å². The average Bonchev–Trinajstić information content (AvgIpc) is 2.99. The number of hydrogen-bond acceptors (Lipinski definition) is 4. The van der Waals surface area contributed by atoms with Gasteiger partial charge in [-0.15, -0.1) is 10.2 Å². The maximum Gasteiger partial charge on any atom is 0.247 e. The highest BCUT2D eigenvalue weighted by atomic mass is 35.5. The standard InChI is InChI=1S/C17H16ClN3O/c1-21(11-14-9-5-6-10-15(14)18)12-16-19-20-17(22-16)13-7-3-2-4-8-13/h2-10H,11-12H2,1H3. The minimum absolute atomic E-state index is 0.543. The van der Waals surface area contributed by atoms with E-state index in [1.165, 1.54) is 0 Å². The van der Waals surface area contributed by atoms with Crippen LogP contribution in [0.15, 0.2) is 59.0 Å². The van der Waals surface area contributed by atoms with Crippen LogP contribution in [-0.2, 0) is 13.1 Å². The minimum Gasteiger partial charge on any atom is -0.419 e. The quantitative estimate of drug-likeness (QED) is 0.713. The number of halogens is 1. The van der Waals surface area contributed by atoms with Gasteiger partial charge >= 0.3 is 0 Å². The predicted molar refractivity (Wildman–Crippen MR) is 86.4 cm³/mol. The first-order chi connectivity index (χ1) is 10.7. The SMILES string of the molecule is CN(Cc1nnc(-c2ccccc2)o1)Cc1ccccc1Cl. The third-order valence-corrected chi connectivity index (χ3v) is 3.66. The van der Waals surface area contributed by atoms with Crippen LogP contribution in [0.25, 0.3) is 11.5 Å². The van der Waals surface area contributed by atoms with Crippen LogP contribution in [0.2, 0.25) is 5.02 Å². The van der Waals surface area contributed by atoms with Gasteiger partial charge in [-0.05, 0) is 30.8 Å². The number of aromatic nitrogens is 2. The fraction of sp³-hybridized carbons (Fsp3) is 0.176. The molecule has 0 N–H and O–H groups in total. The van der Waals surface area contributed by atoms with Gasteiger partial charge in [0, 0.05) is 17.1 Å². The van der Waals surface area contributed by atoms with Crippen molar-refractivity contribution in [2.24, 2.45) is 0 Å². The van der Waals surface area contributed by atoms with Crippen molar-refractivity contribution < 1.29 is 4.42 Å². The summed E-state index contributed by atoms with van der Waals surface area (Å²) in [5.41, 5.74) is 2.00. The van der Waals surface area contributed by atoms with Crippen LogP contribution in [0, 0.1) is 0 Å². The molecule has 1 heterocycles. The van der Waals surface area contributed by atoms with Crippen molar-refractivity contribution in [2.45, 2.75) is 13.1 Å². The normalized spacial score (nSPS) is 11.0. The maximum atomic E-state index is 6.18. The second-order valence-corrected chi connectivity index (χ2v) is 5.54. The Morgan fingerprint density at radius 2 is 1.68 bits per heavy atom. The zero-order chi connectivity index (χ0) is 15.4. The smallest absolute Gasteiger partial charge is 0.247 e. The summed E-state index contributed by atoms with van der Waals surface area (Å²) in [6.45, 7) is 1.30. The van der Waals surface area contributed by atoms with E-state index >= 15 is 0 Å². The lowest BCUT2D eigenvalue weighted by Crippen LogP contribution is -2.17. The molecule has 0 atom stereocenters. The predicted octanol–water partition coefficient (Wildman–Crippen LogP) is 4.02. The molecular formula is C17H16ClN3O. The molecular weight excluding hydrogens is 298 g/mol. The summed E-state index contributed by atoms with van der Waals surface area (Å²) in [6, 6.07) is 17.6. The maximum absolute atomic E-state index is 6.18. The van der Waals surface area contributed by atoms with Crippen molar-refractivity contribution in [3.8, 4) is 11.5 Å². The van der Waals surface area contributed by atoms with E-state index in [1.807, 2.05) is 61.6 Å². The van der Waals surface area contributed by atoms with Gasteiger partial charge in [-0.25, -0.2) is 0 Å². The topological polar surface area (TPSA) is 42.2 Å². The van der Waals surface area contributed by atoms with Crippen molar-refractivity contribution in [3.05, 3.63) is 71.1 Å². The van der Waals surface area contributed by atoms with E-state index < -0.39 is 0 Å². The van der Waals surface area contributed by atoms with Crippen LogP contribution in [0.4, 0.5) is 0 Å². The summed E-state index contributed by atoms with van der Waals surface area (Å²) in [7, 11) is 2.00. The Kier molecular flexibility index (Phi) is 4.51. The van der Waals surface area contributed by atoms with Gasteiger partial charge in [-0.2, -0.15) is 0 Å². The summed E-state index contributed by atoms with van der Waals surface area (Å²) in [5.74, 6) is 1.13. The number of hydrogen-bond donors (Lipinski definition) is 0. The summed E-state index contributed by atoms with van der Waals surface area (Å²) in [4.78, 5) is 2.09. The second-order valence-electron chi connectivity index (χ2n) is 5.13. The van der Waals surface area contributed by atoms with Gasteiger partial charge < -0.3 is 4.42 Å². The molecule has 0 spiro atoms. The first kappa shape index (κ1) is 14.8. The monoisotopic (exact) mass is 313 g/mol. The molecule has 0 fully saturated rings. The number of rotatable bonds is 5. The summed E-state index contributed by atoms with van der Waals surface area (Å²) >= 11 is 6.18. The summed E-state index contributed by atoms with van der Waals surface area (Å²) in [5, 5.41) is 8.97. The van der Waals surface area contributed by atoms with Crippen molar-refractivity contribution in [3.63, 3.8) is 0 Å². The lowest BCUT2D eigenvalue weighted by atomic mass is 10.2. The van der Waals surface area contributed by atoms with E-state index in [4.69, 9.17) is 16.0 Å². The molecule has 3 aromatic rings. The van der Waals surface area contributed by atoms with Crippen LogP contribution in [0.3, 0.4) is 0 Å². The van der Waals surface area contributed by atoms with Crippen LogP contribution in [0.5, 0.6) is 0 Å². The van der Waals surface area contributed by atoms with Gasteiger partial charge in [-0.3, -0.25) is 4.90 Å². The molecule has 4 nitrogen and oxygen atoms in total. The van der Waals surface area contributed by atoms with Gasteiger partial charge in [-0.1, -0.05) is 48.0 Å². The molecule has 0 aliphatic heterocycles. The Morgan fingerprint density at radius 3 is 2.45 bits per heavy atom. The van der Waals surface area contributed by atoms with E-state index in [-0.39, 0.29) is 0 Å². The molecule has 0 bridgehead atoms. The summed E-state index contributed by atoms with van der Waals surface area (Å²) in [6.07, 6.45) is 0. The first-order valence-electron chi connectivity index (χ1n) is 7.02. The molecule has 0 amide bonds. The Balaban J connectivity index is 1.66.